The minimum atomic E-state index is -0.454. The Morgan fingerprint density at radius 3 is 2.81 bits per heavy atom. The number of hydrogen-bond donors (Lipinski definition) is 1. The summed E-state index contributed by atoms with van der Waals surface area (Å²) in [5.41, 5.74) is 7.38. The second-order valence-electron chi connectivity index (χ2n) is 3.42. The first-order chi connectivity index (χ1) is 7.72. The van der Waals surface area contributed by atoms with Crippen molar-refractivity contribution in [1.82, 2.24) is 0 Å². The van der Waals surface area contributed by atoms with Gasteiger partial charge in [-0.2, -0.15) is 0 Å². The average Bonchev–Trinajstić information content (AvgIpc) is 2.81. The monoisotopic (exact) mass is 221 g/mol. The predicted octanol–water partition coefficient (Wildman–Crippen LogP) is 2.48. The van der Waals surface area contributed by atoms with Gasteiger partial charge in [-0.05, 0) is 24.3 Å². The molecule has 0 bridgehead atoms. The fourth-order valence-corrected chi connectivity index (χ4v) is 1.58. The molecule has 0 aliphatic rings. The first-order valence-corrected chi connectivity index (χ1v) is 4.83. The van der Waals surface area contributed by atoms with Gasteiger partial charge in [-0.25, -0.2) is 4.39 Å². The van der Waals surface area contributed by atoms with E-state index in [0.717, 1.165) is 5.56 Å². The highest BCUT2D eigenvalue weighted by Crippen LogP contribution is 2.28. The first kappa shape index (κ1) is 10.7. The van der Waals surface area contributed by atoms with Gasteiger partial charge in [-0.1, -0.05) is 0 Å². The number of hydrogen-bond acceptors (Lipinski definition) is 3. The van der Waals surface area contributed by atoms with Crippen LogP contribution >= 0.6 is 0 Å². The molecule has 2 aromatic rings. The molecule has 1 atom stereocenters. The smallest absolute Gasteiger partial charge is 0.124 e. The molecule has 2 N–H and O–H groups in total. The van der Waals surface area contributed by atoms with Crippen LogP contribution in [0.2, 0.25) is 0 Å². The largest absolute Gasteiger partial charge is 0.496 e. The van der Waals surface area contributed by atoms with E-state index >= 15 is 0 Å². The standard InChI is InChI=1S/C12H12FNO2/c1-15-11-3-2-9(13)6-10(11)12(14)8-4-5-16-7-8/h2-7,12H,14H2,1H3. The van der Waals surface area contributed by atoms with E-state index in [1.807, 2.05) is 0 Å². The van der Waals surface area contributed by atoms with Crippen molar-refractivity contribution >= 4 is 0 Å². The van der Waals surface area contributed by atoms with Gasteiger partial charge in [0.25, 0.3) is 0 Å². The molecule has 1 aromatic heterocycles. The Balaban J connectivity index is 2.42. The molecule has 0 fully saturated rings. The Hall–Kier alpha value is -1.81. The summed E-state index contributed by atoms with van der Waals surface area (Å²) in [5, 5.41) is 0. The summed E-state index contributed by atoms with van der Waals surface area (Å²) in [4.78, 5) is 0. The van der Waals surface area contributed by atoms with Gasteiger partial charge in [0, 0.05) is 11.1 Å². The van der Waals surface area contributed by atoms with Gasteiger partial charge in [-0.3, -0.25) is 0 Å². The highest BCUT2D eigenvalue weighted by Gasteiger charge is 2.15. The van der Waals surface area contributed by atoms with Gasteiger partial charge in [-0.15, -0.1) is 0 Å². The third-order valence-corrected chi connectivity index (χ3v) is 2.43. The molecular weight excluding hydrogens is 209 g/mol. The Morgan fingerprint density at radius 2 is 2.19 bits per heavy atom. The molecule has 0 aliphatic carbocycles. The molecule has 2 rings (SSSR count). The van der Waals surface area contributed by atoms with Gasteiger partial charge in [0.1, 0.15) is 11.6 Å². The van der Waals surface area contributed by atoms with E-state index in [9.17, 15) is 4.39 Å². The summed E-state index contributed by atoms with van der Waals surface area (Å²) in [6, 6.07) is 5.56. The Morgan fingerprint density at radius 1 is 1.38 bits per heavy atom. The highest BCUT2D eigenvalue weighted by atomic mass is 19.1. The molecule has 3 nitrogen and oxygen atoms in total. The van der Waals surface area contributed by atoms with Crippen LogP contribution in [0.3, 0.4) is 0 Å². The zero-order valence-corrected chi connectivity index (χ0v) is 8.81. The Labute approximate surface area is 92.6 Å². The molecule has 0 spiro atoms. The van der Waals surface area contributed by atoms with Crippen LogP contribution in [0.5, 0.6) is 5.75 Å². The van der Waals surface area contributed by atoms with Crippen LogP contribution in [-0.4, -0.2) is 7.11 Å². The van der Waals surface area contributed by atoms with Gasteiger partial charge < -0.3 is 14.9 Å². The van der Waals surface area contributed by atoms with Gasteiger partial charge in [0.15, 0.2) is 0 Å². The maximum atomic E-state index is 13.2. The van der Waals surface area contributed by atoms with E-state index in [-0.39, 0.29) is 5.82 Å². The second-order valence-corrected chi connectivity index (χ2v) is 3.42. The Kier molecular flexibility index (Phi) is 2.92. The van der Waals surface area contributed by atoms with Crippen molar-refractivity contribution in [2.45, 2.75) is 6.04 Å². The van der Waals surface area contributed by atoms with Crippen LogP contribution in [0.1, 0.15) is 17.2 Å². The minimum Gasteiger partial charge on any atom is -0.496 e. The van der Waals surface area contributed by atoms with Crippen molar-refractivity contribution in [3.63, 3.8) is 0 Å². The summed E-state index contributed by atoms with van der Waals surface area (Å²) in [6.45, 7) is 0. The minimum absolute atomic E-state index is 0.338. The molecule has 1 heterocycles. The number of rotatable bonds is 3. The highest BCUT2D eigenvalue weighted by molar-refractivity contribution is 5.40. The fraction of sp³-hybridized carbons (Fsp3) is 0.167. The van der Waals surface area contributed by atoms with E-state index < -0.39 is 6.04 Å². The molecule has 1 aromatic carbocycles. The number of halogens is 1. The molecule has 0 saturated carbocycles. The van der Waals surface area contributed by atoms with E-state index in [1.165, 1.54) is 31.8 Å². The first-order valence-electron chi connectivity index (χ1n) is 4.83. The maximum absolute atomic E-state index is 13.2. The molecule has 84 valence electrons. The van der Waals surface area contributed by atoms with Crippen LogP contribution in [0, 0.1) is 5.82 Å². The van der Waals surface area contributed by atoms with Crippen molar-refractivity contribution in [2.24, 2.45) is 5.73 Å². The topological polar surface area (TPSA) is 48.4 Å². The molecule has 1 unspecified atom stereocenters. The zero-order valence-electron chi connectivity index (χ0n) is 8.81. The van der Waals surface area contributed by atoms with Crippen LogP contribution in [-0.2, 0) is 0 Å². The second kappa shape index (κ2) is 4.37. The van der Waals surface area contributed by atoms with E-state index in [1.54, 1.807) is 12.1 Å². The molecular formula is C12H12FNO2. The lowest BCUT2D eigenvalue weighted by molar-refractivity contribution is 0.406. The van der Waals surface area contributed by atoms with Gasteiger partial charge in [0.05, 0.1) is 25.7 Å². The zero-order chi connectivity index (χ0) is 11.5. The summed E-state index contributed by atoms with van der Waals surface area (Å²) >= 11 is 0. The van der Waals surface area contributed by atoms with Crippen molar-refractivity contribution in [1.29, 1.82) is 0 Å². The number of benzene rings is 1. The van der Waals surface area contributed by atoms with Crippen molar-refractivity contribution in [3.8, 4) is 5.75 Å². The third kappa shape index (κ3) is 1.92. The summed E-state index contributed by atoms with van der Waals surface area (Å²) in [5.74, 6) is 0.227. The van der Waals surface area contributed by atoms with Gasteiger partial charge >= 0.3 is 0 Å². The van der Waals surface area contributed by atoms with Crippen LogP contribution in [0.25, 0.3) is 0 Å². The molecule has 0 amide bonds. The van der Waals surface area contributed by atoms with E-state index in [4.69, 9.17) is 14.9 Å². The van der Waals surface area contributed by atoms with Gasteiger partial charge in [0.2, 0.25) is 0 Å². The number of nitrogens with two attached hydrogens (primary N) is 1. The number of furan rings is 1. The SMILES string of the molecule is COc1ccc(F)cc1C(N)c1ccoc1. The summed E-state index contributed by atoms with van der Waals surface area (Å²) in [6.07, 6.45) is 3.07. The van der Waals surface area contributed by atoms with E-state index in [2.05, 4.69) is 0 Å². The Bertz CT molecular complexity index is 468. The quantitative estimate of drug-likeness (QED) is 0.866. The van der Waals surface area contributed by atoms with E-state index in [0.29, 0.717) is 11.3 Å². The molecule has 16 heavy (non-hydrogen) atoms. The van der Waals surface area contributed by atoms with Crippen molar-refractivity contribution in [2.75, 3.05) is 7.11 Å². The number of ether oxygens (including phenoxy) is 1. The average molecular weight is 221 g/mol. The lowest BCUT2D eigenvalue weighted by Gasteiger charge is -2.14. The normalized spacial score (nSPS) is 12.4. The third-order valence-electron chi connectivity index (χ3n) is 2.43. The molecule has 0 saturated heterocycles. The maximum Gasteiger partial charge on any atom is 0.124 e. The molecule has 4 heteroatoms. The summed E-state index contributed by atoms with van der Waals surface area (Å²) in [7, 11) is 1.53. The van der Waals surface area contributed by atoms with Crippen molar-refractivity contribution < 1.29 is 13.5 Å². The summed E-state index contributed by atoms with van der Waals surface area (Å²) < 4.78 is 23.2. The van der Waals surface area contributed by atoms with Crippen LogP contribution in [0.4, 0.5) is 4.39 Å². The van der Waals surface area contributed by atoms with Crippen LogP contribution in [0.15, 0.2) is 41.2 Å². The van der Waals surface area contributed by atoms with Crippen LogP contribution < -0.4 is 10.5 Å². The molecule has 0 aliphatic heterocycles. The fourth-order valence-electron chi connectivity index (χ4n) is 1.58. The van der Waals surface area contributed by atoms with Crippen molar-refractivity contribution in [3.05, 3.63) is 53.7 Å². The molecule has 0 radical (unpaired) electrons. The lowest BCUT2D eigenvalue weighted by Crippen LogP contribution is -2.12. The predicted molar refractivity (Wildman–Crippen MR) is 57.7 cm³/mol. The lowest BCUT2D eigenvalue weighted by atomic mass is 10.0. The number of methoxy groups -OCH3 is 1.